The van der Waals surface area contributed by atoms with Crippen LogP contribution in [0.1, 0.15) is 38.8 Å². The van der Waals surface area contributed by atoms with Gasteiger partial charge >= 0.3 is 0 Å². The van der Waals surface area contributed by atoms with Crippen molar-refractivity contribution in [2.45, 2.75) is 50.6 Å². The summed E-state index contributed by atoms with van der Waals surface area (Å²) in [5.41, 5.74) is 3.03. The highest BCUT2D eigenvalue weighted by atomic mass is 32.2. The molecule has 0 aromatic heterocycles. The number of nitrogens with one attached hydrogen (secondary N) is 2. The zero-order valence-electron chi connectivity index (χ0n) is 19.0. The third-order valence-electron chi connectivity index (χ3n) is 5.32. The summed E-state index contributed by atoms with van der Waals surface area (Å²) in [6.07, 6.45) is 0. The number of carbonyl (C=O) groups is 1. The number of hydrogen-bond acceptors (Lipinski definition) is 3. The molecule has 0 radical (unpaired) electrons. The van der Waals surface area contributed by atoms with E-state index in [2.05, 4.69) is 50.4 Å². The number of hydrogen-bond donors (Lipinski definition) is 2. The van der Waals surface area contributed by atoms with Gasteiger partial charge in [-0.15, -0.1) is 0 Å². The maximum absolute atomic E-state index is 12.7. The first-order chi connectivity index (χ1) is 13.8. The van der Waals surface area contributed by atoms with Crippen molar-refractivity contribution in [3.63, 3.8) is 0 Å². The monoisotopic (exact) mass is 432 g/mol. The number of benzene rings is 2. The first-order valence-corrected chi connectivity index (χ1v) is 11.5. The Morgan fingerprint density at radius 1 is 1.10 bits per heavy atom. The number of rotatable bonds is 7. The quantitative estimate of drug-likeness (QED) is 0.705. The van der Waals surface area contributed by atoms with Crippen LogP contribution in [0.3, 0.4) is 0 Å². The van der Waals surface area contributed by atoms with Crippen molar-refractivity contribution in [2.24, 2.45) is 0 Å². The molecule has 0 heterocycles. The van der Waals surface area contributed by atoms with Crippen molar-refractivity contribution in [2.75, 3.05) is 26.5 Å². The van der Waals surface area contributed by atoms with E-state index in [1.54, 1.807) is 12.1 Å². The lowest BCUT2D eigenvalue weighted by Gasteiger charge is -2.22. The molecule has 0 fully saturated rings. The minimum atomic E-state index is -3.55. The van der Waals surface area contributed by atoms with Crippen molar-refractivity contribution >= 4 is 21.6 Å². The molecule has 6 nitrogen and oxygen atoms in total. The van der Waals surface area contributed by atoms with Gasteiger partial charge in [-0.25, -0.2) is 12.7 Å². The molecule has 1 unspecified atom stereocenters. The summed E-state index contributed by atoms with van der Waals surface area (Å²) in [6.45, 7) is 9.14. The van der Waals surface area contributed by atoms with E-state index in [1.165, 1.54) is 37.4 Å². The highest BCUT2D eigenvalue weighted by Gasteiger charge is 2.23. The predicted molar refractivity (Wildman–Crippen MR) is 121 cm³/mol. The zero-order chi connectivity index (χ0) is 22.7. The fourth-order valence-corrected chi connectivity index (χ4v) is 3.97. The molecule has 0 saturated heterocycles. The van der Waals surface area contributed by atoms with E-state index in [0.29, 0.717) is 12.2 Å². The molecular weight excluding hydrogens is 398 g/mol. The lowest BCUT2D eigenvalue weighted by atomic mass is 9.87. The van der Waals surface area contributed by atoms with Crippen LogP contribution in [0.25, 0.3) is 0 Å². The van der Waals surface area contributed by atoms with Crippen LogP contribution in [0.2, 0.25) is 0 Å². The smallest absolute Gasteiger partial charge is 0.282 e. The largest absolute Gasteiger partial charge is 0.324 e. The highest BCUT2D eigenvalue weighted by molar-refractivity contribution is 7.89. The molecule has 30 heavy (non-hydrogen) atoms. The summed E-state index contributed by atoms with van der Waals surface area (Å²) >= 11 is 0. The Morgan fingerprint density at radius 2 is 1.70 bits per heavy atom. The molecule has 0 aliphatic heterocycles. The molecule has 164 valence electrons. The Labute approximate surface area is 180 Å². The van der Waals surface area contributed by atoms with Gasteiger partial charge in [0, 0.05) is 25.3 Å². The van der Waals surface area contributed by atoms with Crippen LogP contribution in [0.5, 0.6) is 0 Å². The number of nitrogens with zero attached hydrogens (tertiary/aromatic N) is 1. The number of anilines is 1. The fraction of sp³-hybridized carbons (Fsp3) is 0.435. The normalized spacial score (nSPS) is 14.4. The Morgan fingerprint density at radius 3 is 2.23 bits per heavy atom. The minimum absolute atomic E-state index is 0.110. The van der Waals surface area contributed by atoms with Crippen molar-refractivity contribution in [1.82, 2.24) is 4.31 Å². The first kappa shape index (κ1) is 24.1. The van der Waals surface area contributed by atoms with Crippen LogP contribution in [0.15, 0.2) is 53.4 Å². The molecule has 7 heteroatoms. The third-order valence-corrected chi connectivity index (χ3v) is 7.13. The fourth-order valence-electron chi connectivity index (χ4n) is 3.02. The van der Waals surface area contributed by atoms with Gasteiger partial charge in [0.05, 0.1) is 11.9 Å². The molecule has 0 bridgehead atoms. The molecular formula is C23H34N3O3S+. The summed E-state index contributed by atoms with van der Waals surface area (Å²) in [4.78, 5) is 13.9. The third kappa shape index (κ3) is 5.90. The second-order valence-electron chi connectivity index (χ2n) is 9.00. The Kier molecular flexibility index (Phi) is 7.45. The molecule has 2 aromatic carbocycles. The van der Waals surface area contributed by atoms with Crippen molar-refractivity contribution in [3.8, 4) is 0 Å². The standard InChI is InChI=1S/C23H33N3O3S/c1-17(26(7)16-18-11-13-19(14-12-18)23(2,3)4)22(27)24-20-9-8-10-21(15-20)30(28,29)25(5)6/h8-15,17H,16H2,1-7H3,(H,24,27)/p+1/t17-/m1/s1. The van der Waals surface area contributed by atoms with Gasteiger partial charge in [0.15, 0.2) is 6.04 Å². The van der Waals surface area contributed by atoms with E-state index in [-0.39, 0.29) is 22.3 Å². The lowest BCUT2D eigenvalue weighted by Crippen LogP contribution is -3.12. The van der Waals surface area contributed by atoms with Gasteiger partial charge in [0.2, 0.25) is 10.0 Å². The van der Waals surface area contributed by atoms with Crippen LogP contribution >= 0.6 is 0 Å². The maximum Gasteiger partial charge on any atom is 0.282 e. The summed E-state index contributed by atoms with van der Waals surface area (Å²) in [6, 6.07) is 14.5. The van der Waals surface area contributed by atoms with Gasteiger partial charge in [0.25, 0.3) is 5.91 Å². The van der Waals surface area contributed by atoms with E-state index in [0.717, 1.165) is 9.21 Å². The zero-order valence-corrected chi connectivity index (χ0v) is 19.8. The molecule has 0 spiro atoms. The summed E-state index contributed by atoms with van der Waals surface area (Å²) in [7, 11) is 1.39. The van der Waals surface area contributed by atoms with Crippen molar-refractivity contribution in [3.05, 3.63) is 59.7 Å². The van der Waals surface area contributed by atoms with Crippen LogP contribution < -0.4 is 10.2 Å². The van der Waals surface area contributed by atoms with Gasteiger partial charge in [-0.3, -0.25) is 4.79 Å². The number of quaternary nitrogens is 1. The van der Waals surface area contributed by atoms with Crippen molar-refractivity contribution < 1.29 is 18.1 Å². The van der Waals surface area contributed by atoms with Crippen LogP contribution in [-0.2, 0) is 26.8 Å². The number of likely N-dealkylation sites (N-methyl/N-ethyl adjacent to an activating group) is 1. The molecule has 2 rings (SSSR count). The van der Waals surface area contributed by atoms with Gasteiger partial charge in [-0.1, -0.05) is 51.1 Å². The second kappa shape index (κ2) is 9.29. The van der Waals surface area contributed by atoms with E-state index in [1.807, 2.05) is 14.0 Å². The summed E-state index contributed by atoms with van der Waals surface area (Å²) in [5, 5.41) is 2.85. The molecule has 0 aliphatic carbocycles. The van der Waals surface area contributed by atoms with Gasteiger partial charge in [-0.05, 0) is 36.1 Å². The van der Waals surface area contributed by atoms with Crippen molar-refractivity contribution in [1.29, 1.82) is 0 Å². The minimum Gasteiger partial charge on any atom is -0.324 e. The van der Waals surface area contributed by atoms with Crippen LogP contribution in [0.4, 0.5) is 5.69 Å². The topological polar surface area (TPSA) is 70.9 Å². The number of carbonyl (C=O) groups excluding carboxylic acids is 1. The molecule has 2 aromatic rings. The molecule has 1 amide bonds. The molecule has 0 saturated carbocycles. The van der Waals surface area contributed by atoms with E-state index in [4.69, 9.17) is 0 Å². The summed E-state index contributed by atoms with van der Waals surface area (Å²) < 4.78 is 25.8. The Hall–Kier alpha value is -2.22. The highest BCUT2D eigenvalue weighted by Crippen LogP contribution is 2.22. The van der Waals surface area contributed by atoms with Gasteiger partial charge in [-0.2, -0.15) is 0 Å². The Bertz CT molecular complexity index is 977. The van der Waals surface area contributed by atoms with Crippen LogP contribution in [0, 0.1) is 0 Å². The van der Waals surface area contributed by atoms with Gasteiger partial charge in [0.1, 0.15) is 6.54 Å². The lowest BCUT2D eigenvalue weighted by molar-refractivity contribution is -0.907. The first-order valence-electron chi connectivity index (χ1n) is 10.1. The average Bonchev–Trinajstić information content (AvgIpc) is 2.67. The van der Waals surface area contributed by atoms with Gasteiger partial charge < -0.3 is 10.2 Å². The number of amides is 1. The second-order valence-corrected chi connectivity index (χ2v) is 11.1. The van der Waals surface area contributed by atoms with E-state index >= 15 is 0 Å². The number of sulfonamides is 1. The molecule has 0 aliphatic rings. The molecule has 2 N–H and O–H groups in total. The Balaban J connectivity index is 2.05. The molecule has 2 atom stereocenters. The van der Waals surface area contributed by atoms with E-state index < -0.39 is 10.0 Å². The SMILES string of the molecule is C[C@H](C(=O)Nc1cccc(S(=O)(=O)N(C)C)c1)[NH+](C)Cc1ccc(C(C)(C)C)cc1. The van der Waals surface area contributed by atoms with E-state index in [9.17, 15) is 13.2 Å². The summed E-state index contributed by atoms with van der Waals surface area (Å²) in [5.74, 6) is -0.154. The maximum atomic E-state index is 12.7. The predicted octanol–water partition coefficient (Wildman–Crippen LogP) is 2.28. The average molecular weight is 433 g/mol. The van der Waals surface area contributed by atoms with Crippen LogP contribution in [-0.4, -0.2) is 45.8 Å².